The van der Waals surface area contributed by atoms with Gasteiger partial charge in [0, 0.05) is 7.47 Å². The number of methoxy groups -OCH3 is 1. The minimum absolute atomic E-state index is 0. The van der Waals surface area contributed by atoms with E-state index in [-0.39, 0.29) is 36.1 Å². The number of H-pyrrole nitrogens is 1. The van der Waals surface area contributed by atoms with E-state index in [2.05, 4.69) is 26.1 Å². The summed E-state index contributed by atoms with van der Waals surface area (Å²) in [6.07, 6.45) is 2.96. The smallest absolute Gasteiger partial charge is 0.271 e. The SMILES string of the molecule is COc1cccc(F)c1C(=O)Nc1cn[nH]c1C(=O)NC1CCNCC1.[HH]. The first-order valence-corrected chi connectivity index (χ1v) is 8.29. The Hall–Kier alpha value is -2.94. The van der Waals surface area contributed by atoms with Crippen molar-refractivity contribution in [3.63, 3.8) is 0 Å². The molecular formula is C17H22FN5O3. The highest BCUT2D eigenvalue weighted by Gasteiger charge is 2.23. The van der Waals surface area contributed by atoms with Crippen LogP contribution in [0.25, 0.3) is 0 Å². The van der Waals surface area contributed by atoms with Crippen molar-refractivity contribution in [2.45, 2.75) is 18.9 Å². The number of anilines is 1. The normalized spacial score (nSPS) is 14.7. The number of rotatable bonds is 5. The van der Waals surface area contributed by atoms with Crippen LogP contribution in [0.1, 0.15) is 35.1 Å². The Kier molecular flexibility index (Phi) is 5.47. The lowest BCUT2D eigenvalue weighted by atomic mass is 10.1. The molecule has 0 unspecified atom stereocenters. The summed E-state index contributed by atoms with van der Waals surface area (Å²) in [5.41, 5.74) is 0.0554. The number of aromatic nitrogens is 2. The summed E-state index contributed by atoms with van der Waals surface area (Å²) in [6, 6.07) is 4.15. The molecule has 1 fully saturated rings. The highest BCUT2D eigenvalue weighted by atomic mass is 19.1. The van der Waals surface area contributed by atoms with Gasteiger partial charge in [-0.3, -0.25) is 14.7 Å². The van der Waals surface area contributed by atoms with Crippen LogP contribution in [0.4, 0.5) is 10.1 Å². The first-order chi connectivity index (χ1) is 12.6. The van der Waals surface area contributed by atoms with Gasteiger partial charge in [0.1, 0.15) is 22.8 Å². The number of nitrogens with zero attached hydrogens (tertiary/aromatic N) is 1. The maximum atomic E-state index is 14.0. The zero-order valence-electron chi connectivity index (χ0n) is 14.3. The zero-order chi connectivity index (χ0) is 18.5. The molecule has 1 saturated heterocycles. The Labute approximate surface area is 151 Å². The van der Waals surface area contributed by atoms with E-state index in [1.807, 2.05) is 0 Å². The molecule has 4 N–H and O–H groups in total. The Morgan fingerprint density at radius 1 is 1.31 bits per heavy atom. The molecule has 0 radical (unpaired) electrons. The second kappa shape index (κ2) is 7.96. The minimum atomic E-state index is -0.725. The summed E-state index contributed by atoms with van der Waals surface area (Å²) in [7, 11) is 1.35. The van der Waals surface area contributed by atoms with Crippen LogP contribution in [-0.4, -0.2) is 48.3 Å². The number of carbonyl (C=O) groups excluding carboxylic acids is 2. The third-order valence-electron chi connectivity index (χ3n) is 4.21. The van der Waals surface area contributed by atoms with Crippen molar-refractivity contribution in [1.82, 2.24) is 20.8 Å². The molecule has 9 heteroatoms. The van der Waals surface area contributed by atoms with Crippen molar-refractivity contribution >= 4 is 17.5 Å². The lowest BCUT2D eigenvalue weighted by Gasteiger charge is -2.23. The van der Waals surface area contributed by atoms with Gasteiger partial charge in [0.05, 0.1) is 19.0 Å². The summed E-state index contributed by atoms with van der Waals surface area (Å²) in [4.78, 5) is 24.9. The van der Waals surface area contributed by atoms with Gasteiger partial charge in [-0.25, -0.2) is 4.39 Å². The van der Waals surface area contributed by atoms with Crippen molar-refractivity contribution < 1.29 is 20.1 Å². The molecule has 140 valence electrons. The fourth-order valence-electron chi connectivity index (χ4n) is 2.86. The fourth-order valence-corrected chi connectivity index (χ4v) is 2.86. The first-order valence-electron chi connectivity index (χ1n) is 8.29. The van der Waals surface area contributed by atoms with Crippen LogP contribution in [-0.2, 0) is 0 Å². The molecule has 2 aromatic rings. The van der Waals surface area contributed by atoms with Crippen molar-refractivity contribution in [2.75, 3.05) is 25.5 Å². The Morgan fingerprint density at radius 2 is 2.08 bits per heavy atom. The van der Waals surface area contributed by atoms with Crippen molar-refractivity contribution in [3.05, 3.63) is 41.5 Å². The summed E-state index contributed by atoms with van der Waals surface area (Å²) in [5.74, 6) is -1.71. The number of hydrogen-bond acceptors (Lipinski definition) is 5. The molecule has 0 saturated carbocycles. The summed E-state index contributed by atoms with van der Waals surface area (Å²) in [6.45, 7) is 1.68. The van der Waals surface area contributed by atoms with Crippen LogP contribution in [0, 0.1) is 5.82 Å². The highest BCUT2D eigenvalue weighted by Crippen LogP contribution is 2.23. The second-order valence-corrected chi connectivity index (χ2v) is 5.93. The van der Waals surface area contributed by atoms with Crippen LogP contribution in [0.15, 0.2) is 24.4 Å². The molecule has 2 heterocycles. The van der Waals surface area contributed by atoms with Crippen LogP contribution in [0.3, 0.4) is 0 Å². The van der Waals surface area contributed by atoms with Gasteiger partial charge in [-0.15, -0.1) is 0 Å². The van der Waals surface area contributed by atoms with Crippen molar-refractivity contribution in [2.24, 2.45) is 0 Å². The van der Waals surface area contributed by atoms with Crippen molar-refractivity contribution in [1.29, 1.82) is 0 Å². The quantitative estimate of drug-likeness (QED) is 0.644. The van der Waals surface area contributed by atoms with Crippen LogP contribution < -0.4 is 20.7 Å². The van der Waals surface area contributed by atoms with Crippen LogP contribution in [0.2, 0.25) is 0 Å². The van der Waals surface area contributed by atoms with E-state index in [4.69, 9.17) is 4.74 Å². The van der Waals surface area contributed by atoms with Gasteiger partial charge in [0.25, 0.3) is 11.8 Å². The average molecular weight is 363 g/mol. The molecule has 8 nitrogen and oxygen atoms in total. The fraction of sp³-hybridized carbons (Fsp3) is 0.353. The van der Waals surface area contributed by atoms with Gasteiger partial charge in [0.15, 0.2) is 0 Å². The van der Waals surface area contributed by atoms with E-state index in [1.165, 1.54) is 25.4 Å². The minimum Gasteiger partial charge on any atom is -0.496 e. The van der Waals surface area contributed by atoms with E-state index in [1.54, 1.807) is 0 Å². The van der Waals surface area contributed by atoms with E-state index >= 15 is 0 Å². The summed E-state index contributed by atoms with van der Waals surface area (Å²) in [5, 5.41) is 15.0. The van der Waals surface area contributed by atoms with Gasteiger partial charge >= 0.3 is 0 Å². The van der Waals surface area contributed by atoms with Crippen molar-refractivity contribution in [3.8, 4) is 5.75 Å². The Bertz CT molecular complexity index is 808. The Balaban J connectivity index is 0.00000261. The monoisotopic (exact) mass is 363 g/mol. The maximum Gasteiger partial charge on any atom is 0.271 e. The molecule has 0 aliphatic carbocycles. The number of nitrogens with one attached hydrogen (secondary N) is 4. The third-order valence-corrected chi connectivity index (χ3v) is 4.21. The highest BCUT2D eigenvalue weighted by molar-refractivity contribution is 6.09. The lowest BCUT2D eigenvalue weighted by Crippen LogP contribution is -2.43. The maximum absolute atomic E-state index is 14.0. The molecule has 2 amide bonds. The first kappa shape index (κ1) is 17.9. The van der Waals surface area contributed by atoms with E-state index in [9.17, 15) is 14.0 Å². The molecule has 0 bridgehead atoms. The Morgan fingerprint density at radius 3 is 2.81 bits per heavy atom. The van der Waals surface area contributed by atoms with Gasteiger partial charge in [-0.2, -0.15) is 5.10 Å². The molecule has 1 aromatic carbocycles. The lowest BCUT2D eigenvalue weighted by molar-refractivity contribution is 0.0925. The molecule has 1 aliphatic rings. The summed E-state index contributed by atoms with van der Waals surface area (Å²) < 4.78 is 19.1. The third kappa shape index (κ3) is 3.83. The number of aromatic amines is 1. The number of piperidine rings is 1. The number of carbonyl (C=O) groups is 2. The molecule has 1 aromatic heterocycles. The summed E-state index contributed by atoms with van der Waals surface area (Å²) >= 11 is 0. The molecule has 0 atom stereocenters. The van der Waals surface area contributed by atoms with Gasteiger partial charge in [-0.1, -0.05) is 6.07 Å². The van der Waals surface area contributed by atoms with Crippen LogP contribution in [0.5, 0.6) is 5.75 Å². The standard InChI is InChI=1S/C17H20FN5O3.H2/c1-26-13-4-2-3-11(18)14(13)16(24)22-12-9-20-23-15(12)17(25)21-10-5-7-19-8-6-10;/h2-4,9-10,19H,5-8H2,1H3,(H,20,23)(H,21,25)(H,22,24);1H. The zero-order valence-corrected chi connectivity index (χ0v) is 14.3. The predicted molar refractivity (Wildman–Crippen MR) is 95.0 cm³/mol. The predicted octanol–water partition coefficient (Wildman–Crippen LogP) is 1.54. The van der Waals surface area contributed by atoms with E-state index in [0.717, 1.165) is 32.0 Å². The molecule has 3 rings (SSSR count). The number of halogens is 1. The molecule has 26 heavy (non-hydrogen) atoms. The number of amides is 2. The molecular weight excluding hydrogens is 341 g/mol. The number of hydrogen-bond donors (Lipinski definition) is 4. The average Bonchev–Trinajstić information content (AvgIpc) is 3.10. The topological polar surface area (TPSA) is 108 Å². The van der Waals surface area contributed by atoms with Gasteiger partial charge < -0.3 is 20.7 Å². The number of benzene rings is 1. The van der Waals surface area contributed by atoms with Gasteiger partial charge in [-0.05, 0) is 38.1 Å². The van der Waals surface area contributed by atoms with E-state index in [0.29, 0.717) is 0 Å². The second-order valence-electron chi connectivity index (χ2n) is 5.93. The number of ether oxygens (including phenoxy) is 1. The van der Waals surface area contributed by atoms with E-state index < -0.39 is 11.7 Å². The van der Waals surface area contributed by atoms with Crippen LogP contribution >= 0.6 is 0 Å². The molecule has 0 spiro atoms. The molecule has 1 aliphatic heterocycles. The van der Waals surface area contributed by atoms with Gasteiger partial charge in [0.2, 0.25) is 0 Å². The largest absolute Gasteiger partial charge is 0.496 e.